The van der Waals surface area contributed by atoms with Crippen molar-refractivity contribution in [1.82, 2.24) is 10.3 Å². The minimum absolute atomic E-state index is 0.0133. The molecule has 0 saturated carbocycles. The number of hydrogen-bond donors (Lipinski definition) is 2. The van der Waals surface area contributed by atoms with Crippen molar-refractivity contribution >= 4 is 17.4 Å². The number of nitriles is 1. The molecule has 1 fully saturated rings. The first-order valence-corrected chi connectivity index (χ1v) is 6.75. The van der Waals surface area contributed by atoms with Crippen molar-refractivity contribution in [2.24, 2.45) is 5.92 Å². The minimum atomic E-state index is 0.0133. The van der Waals surface area contributed by atoms with Crippen LogP contribution >= 0.6 is 0 Å². The van der Waals surface area contributed by atoms with Gasteiger partial charge in [0, 0.05) is 26.6 Å². The van der Waals surface area contributed by atoms with Gasteiger partial charge >= 0.3 is 0 Å². The molecule has 1 amide bonds. The Bertz CT molecular complexity index is 529. The van der Waals surface area contributed by atoms with Crippen molar-refractivity contribution in [3.63, 3.8) is 0 Å². The zero-order valence-corrected chi connectivity index (χ0v) is 11.6. The van der Waals surface area contributed by atoms with Crippen LogP contribution in [0.15, 0.2) is 12.3 Å². The topological polar surface area (TPSA) is 95.0 Å². The van der Waals surface area contributed by atoms with Crippen molar-refractivity contribution in [2.75, 3.05) is 30.3 Å². The van der Waals surface area contributed by atoms with Crippen LogP contribution in [-0.4, -0.2) is 30.5 Å². The number of nitrogens with two attached hydrogens (primary N) is 1. The largest absolute Gasteiger partial charge is 0.397 e. The molecule has 1 saturated heterocycles. The average Bonchev–Trinajstić information content (AvgIpc) is 2.45. The van der Waals surface area contributed by atoms with Crippen LogP contribution < -0.4 is 16.0 Å². The molecular weight excluding hydrogens is 254 g/mol. The second-order valence-electron chi connectivity index (χ2n) is 5.12. The SMILES string of the molecule is CC(=O)NCC1CCN(c2ncc(N)cc2C#N)CC1. The highest BCUT2D eigenvalue weighted by molar-refractivity contribution is 5.72. The number of pyridine rings is 1. The molecule has 1 aliphatic heterocycles. The molecule has 0 aliphatic carbocycles. The van der Waals surface area contributed by atoms with E-state index in [2.05, 4.69) is 21.3 Å². The van der Waals surface area contributed by atoms with Crippen molar-refractivity contribution < 1.29 is 4.79 Å². The van der Waals surface area contributed by atoms with Crippen LogP contribution in [0.2, 0.25) is 0 Å². The Morgan fingerprint density at radius 1 is 1.60 bits per heavy atom. The van der Waals surface area contributed by atoms with Crippen LogP contribution in [0.5, 0.6) is 0 Å². The molecule has 1 aromatic rings. The molecule has 0 radical (unpaired) electrons. The summed E-state index contributed by atoms with van der Waals surface area (Å²) in [6.07, 6.45) is 3.55. The van der Waals surface area contributed by atoms with Crippen molar-refractivity contribution in [3.8, 4) is 6.07 Å². The van der Waals surface area contributed by atoms with Crippen molar-refractivity contribution in [3.05, 3.63) is 17.8 Å². The Kier molecular flexibility index (Phi) is 4.41. The fraction of sp³-hybridized carbons (Fsp3) is 0.500. The van der Waals surface area contributed by atoms with E-state index < -0.39 is 0 Å². The fourth-order valence-electron chi connectivity index (χ4n) is 2.44. The van der Waals surface area contributed by atoms with E-state index >= 15 is 0 Å². The standard InChI is InChI=1S/C14H19N5O/c1-10(20)17-8-11-2-4-19(5-3-11)14-12(7-15)6-13(16)9-18-14/h6,9,11H,2-5,8,16H2,1H3,(H,17,20). The van der Waals surface area contributed by atoms with Gasteiger partial charge in [-0.1, -0.05) is 0 Å². The molecule has 0 aromatic carbocycles. The number of aromatic nitrogens is 1. The highest BCUT2D eigenvalue weighted by Crippen LogP contribution is 2.25. The van der Waals surface area contributed by atoms with Crippen molar-refractivity contribution in [1.29, 1.82) is 5.26 Å². The maximum atomic E-state index is 10.9. The van der Waals surface area contributed by atoms with Crippen LogP contribution in [0.25, 0.3) is 0 Å². The summed E-state index contributed by atoms with van der Waals surface area (Å²) in [5, 5.41) is 12.0. The number of nitrogens with one attached hydrogen (secondary N) is 1. The Morgan fingerprint density at radius 2 is 2.30 bits per heavy atom. The van der Waals surface area contributed by atoms with E-state index in [0.29, 0.717) is 23.0 Å². The number of piperidine rings is 1. The van der Waals surface area contributed by atoms with Gasteiger partial charge in [0.2, 0.25) is 5.91 Å². The third-order valence-corrected chi connectivity index (χ3v) is 3.56. The fourth-order valence-corrected chi connectivity index (χ4v) is 2.44. The average molecular weight is 273 g/mol. The Balaban J connectivity index is 1.97. The number of hydrogen-bond acceptors (Lipinski definition) is 5. The third kappa shape index (κ3) is 3.38. The molecule has 6 nitrogen and oxygen atoms in total. The smallest absolute Gasteiger partial charge is 0.216 e. The summed E-state index contributed by atoms with van der Waals surface area (Å²) >= 11 is 0. The first kappa shape index (κ1) is 14.1. The predicted molar refractivity (Wildman–Crippen MR) is 77.0 cm³/mol. The Labute approximate surface area is 118 Å². The molecule has 6 heteroatoms. The van der Waals surface area contributed by atoms with Crippen LogP contribution in [0.4, 0.5) is 11.5 Å². The van der Waals surface area contributed by atoms with E-state index in [0.717, 1.165) is 32.5 Å². The monoisotopic (exact) mass is 273 g/mol. The van der Waals surface area contributed by atoms with E-state index in [1.54, 1.807) is 12.3 Å². The summed E-state index contributed by atoms with van der Waals surface area (Å²) in [6.45, 7) is 3.95. The van der Waals surface area contributed by atoms with Crippen LogP contribution in [0, 0.1) is 17.2 Å². The Morgan fingerprint density at radius 3 is 2.90 bits per heavy atom. The van der Waals surface area contributed by atoms with Gasteiger partial charge < -0.3 is 16.0 Å². The van der Waals surface area contributed by atoms with Gasteiger partial charge in [0.15, 0.2) is 0 Å². The van der Waals surface area contributed by atoms with Gasteiger partial charge in [0.05, 0.1) is 17.4 Å². The summed E-state index contributed by atoms with van der Waals surface area (Å²) in [4.78, 5) is 17.3. The van der Waals surface area contributed by atoms with E-state index in [4.69, 9.17) is 11.0 Å². The number of anilines is 2. The van der Waals surface area contributed by atoms with E-state index in [1.165, 1.54) is 6.92 Å². The van der Waals surface area contributed by atoms with Crippen LogP contribution in [-0.2, 0) is 4.79 Å². The molecule has 20 heavy (non-hydrogen) atoms. The van der Waals surface area contributed by atoms with Crippen LogP contribution in [0.1, 0.15) is 25.3 Å². The van der Waals surface area contributed by atoms with Gasteiger partial charge in [-0.25, -0.2) is 4.98 Å². The zero-order chi connectivity index (χ0) is 14.5. The summed E-state index contributed by atoms with van der Waals surface area (Å²) in [7, 11) is 0. The number of rotatable bonds is 3. The lowest BCUT2D eigenvalue weighted by Crippen LogP contribution is -2.38. The lowest BCUT2D eigenvalue weighted by Gasteiger charge is -2.33. The maximum absolute atomic E-state index is 10.9. The summed E-state index contributed by atoms with van der Waals surface area (Å²) in [5.74, 6) is 1.22. The first-order chi connectivity index (χ1) is 9.60. The third-order valence-electron chi connectivity index (χ3n) is 3.56. The predicted octanol–water partition coefficient (Wildman–Crippen LogP) is 0.888. The molecule has 1 aromatic heterocycles. The first-order valence-electron chi connectivity index (χ1n) is 6.75. The Hall–Kier alpha value is -2.29. The number of amides is 1. The van der Waals surface area contributed by atoms with Gasteiger partial charge in [-0.3, -0.25) is 4.79 Å². The molecule has 106 valence electrons. The van der Waals surface area contributed by atoms with Crippen molar-refractivity contribution in [2.45, 2.75) is 19.8 Å². The van der Waals surface area contributed by atoms with E-state index in [-0.39, 0.29) is 5.91 Å². The van der Waals surface area contributed by atoms with E-state index in [1.807, 2.05) is 0 Å². The molecule has 2 rings (SSSR count). The highest BCUT2D eigenvalue weighted by atomic mass is 16.1. The van der Waals surface area contributed by atoms with E-state index in [9.17, 15) is 4.79 Å². The van der Waals surface area contributed by atoms with Gasteiger partial charge in [-0.15, -0.1) is 0 Å². The lowest BCUT2D eigenvalue weighted by molar-refractivity contribution is -0.119. The zero-order valence-electron chi connectivity index (χ0n) is 11.6. The number of carbonyl (C=O) groups is 1. The number of nitrogen functional groups attached to an aromatic ring is 1. The summed E-state index contributed by atoms with van der Waals surface area (Å²) in [6, 6.07) is 3.80. The van der Waals surface area contributed by atoms with Gasteiger partial charge in [-0.05, 0) is 24.8 Å². The van der Waals surface area contributed by atoms with Crippen LogP contribution in [0.3, 0.4) is 0 Å². The maximum Gasteiger partial charge on any atom is 0.216 e. The molecule has 0 bridgehead atoms. The molecule has 2 heterocycles. The second kappa shape index (κ2) is 6.24. The molecule has 0 unspecified atom stereocenters. The number of nitrogens with zero attached hydrogens (tertiary/aromatic N) is 3. The second-order valence-corrected chi connectivity index (χ2v) is 5.12. The molecule has 0 spiro atoms. The molecule has 1 aliphatic rings. The number of carbonyl (C=O) groups excluding carboxylic acids is 1. The van der Waals surface area contributed by atoms with Gasteiger partial charge in [-0.2, -0.15) is 5.26 Å². The molecular formula is C14H19N5O. The summed E-state index contributed by atoms with van der Waals surface area (Å²) < 4.78 is 0. The van der Waals surface area contributed by atoms with Gasteiger partial charge in [0.1, 0.15) is 11.9 Å². The lowest BCUT2D eigenvalue weighted by atomic mass is 9.96. The summed E-state index contributed by atoms with van der Waals surface area (Å²) in [5.41, 5.74) is 6.67. The molecule has 3 N–H and O–H groups in total. The molecule has 0 atom stereocenters. The van der Waals surface area contributed by atoms with Gasteiger partial charge in [0.25, 0.3) is 0 Å². The normalized spacial score (nSPS) is 15.7. The minimum Gasteiger partial charge on any atom is -0.397 e. The quantitative estimate of drug-likeness (QED) is 0.852. The highest BCUT2D eigenvalue weighted by Gasteiger charge is 2.22.